The van der Waals surface area contributed by atoms with E-state index in [0.717, 1.165) is 36.6 Å². The van der Waals surface area contributed by atoms with Crippen molar-refractivity contribution in [2.75, 3.05) is 33.2 Å². The summed E-state index contributed by atoms with van der Waals surface area (Å²) >= 11 is 1.56. The molecular weight excluding hydrogens is 336 g/mol. The second-order valence-electron chi connectivity index (χ2n) is 6.78. The Bertz CT molecular complexity index is 821. The number of allylic oxidation sites excluding steroid dienone is 1. The van der Waals surface area contributed by atoms with E-state index in [1.807, 2.05) is 17.5 Å². The first-order valence-electron chi connectivity index (χ1n) is 8.59. The fraction of sp³-hybridized carbons (Fsp3) is 0.316. The molecule has 4 rings (SSSR count). The Morgan fingerprint density at radius 2 is 2.04 bits per heavy atom. The van der Waals surface area contributed by atoms with Crippen molar-refractivity contribution in [3.63, 3.8) is 0 Å². The zero-order valence-electron chi connectivity index (χ0n) is 14.2. The summed E-state index contributed by atoms with van der Waals surface area (Å²) in [5.74, 6) is 0.971. The van der Waals surface area contributed by atoms with E-state index in [0.29, 0.717) is 23.6 Å². The highest BCUT2D eigenvalue weighted by molar-refractivity contribution is 7.10. The van der Waals surface area contributed by atoms with Gasteiger partial charge in [-0.05, 0) is 23.6 Å². The number of Topliss-reactive ketones (excluding diaryl/α,β-unsaturated/α-hetero) is 1. The van der Waals surface area contributed by atoms with Crippen LogP contribution in [0.2, 0.25) is 0 Å². The number of phenolic OH excluding ortho intramolecular Hbond substituents is 1. The Morgan fingerprint density at radius 3 is 2.76 bits per heavy atom. The molecule has 0 spiro atoms. The molecule has 0 saturated carbocycles. The van der Waals surface area contributed by atoms with E-state index in [9.17, 15) is 9.90 Å². The Morgan fingerprint density at radius 1 is 1.24 bits per heavy atom. The van der Waals surface area contributed by atoms with Crippen LogP contribution >= 0.6 is 11.3 Å². The van der Waals surface area contributed by atoms with Crippen LogP contribution in [0.5, 0.6) is 11.5 Å². The van der Waals surface area contributed by atoms with Crippen LogP contribution in [-0.2, 0) is 6.54 Å². The van der Waals surface area contributed by atoms with Crippen LogP contribution in [0, 0.1) is 0 Å². The van der Waals surface area contributed by atoms with E-state index in [2.05, 4.69) is 7.05 Å². The van der Waals surface area contributed by atoms with Crippen molar-refractivity contribution in [1.82, 2.24) is 0 Å². The number of ketones is 1. The second kappa shape index (κ2) is 6.63. The van der Waals surface area contributed by atoms with Crippen molar-refractivity contribution in [2.45, 2.75) is 6.54 Å². The molecule has 0 bridgehead atoms. The van der Waals surface area contributed by atoms with Crippen molar-refractivity contribution in [3.8, 4) is 11.5 Å². The molecule has 1 fully saturated rings. The Hall–Kier alpha value is -2.15. The fourth-order valence-electron chi connectivity index (χ4n) is 3.43. The standard InChI is InChI=1S/C19H20N2O3S/c1-20-6-8-21(9-7-20)12-15-16(22)5-4-14-18(23)17(24-19(14)15)11-13-3-2-10-25-13/h2-5,10-11,22H,6-9,12H2,1H3/p+2/b17-11-. The largest absolute Gasteiger partial charge is 0.507 e. The number of nitrogens with one attached hydrogen (secondary N) is 2. The third-order valence-electron chi connectivity index (χ3n) is 4.97. The lowest BCUT2D eigenvalue weighted by atomic mass is 10.0. The number of aromatic hydroxyl groups is 1. The van der Waals surface area contributed by atoms with Crippen molar-refractivity contribution in [2.24, 2.45) is 0 Å². The van der Waals surface area contributed by atoms with Gasteiger partial charge in [-0.1, -0.05) is 6.07 Å². The van der Waals surface area contributed by atoms with E-state index in [1.54, 1.807) is 34.4 Å². The molecule has 1 saturated heterocycles. The average molecular weight is 358 g/mol. The first kappa shape index (κ1) is 16.3. The van der Waals surface area contributed by atoms with Crippen LogP contribution in [0.1, 0.15) is 20.8 Å². The van der Waals surface area contributed by atoms with Gasteiger partial charge >= 0.3 is 0 Å². The number of hydrogen-bond donors (Lipinski definition) is 3. The lowest BCUT2D eigenvalue weighted by Crippen LogP contribution is -3.26. The van der Waals surface area contributed by atoms with Gasteiger partial charge in [0, 0.05) is 11.0 Å². The zero-order chi connectivity index (χ0) is 17.4. The van der Waals surface area contributed by atoms with Gasteiger partial charge in [-0.2, -0.15) is 0 Å². The summed E-state index contributed by atoms with van der Waals surface area (Å²) < 4.78 is 5.91. The molecule has 1 aromatic heterocycles. The van der Waals surface area contributed by atoms with E-state index in [1.165, 1.54) is 4.90 Å². The van der Waals surface area contributed by atoms with Gasteiger partial charge in [0.1, 0.15) is 38.5 Å². The predicted molar refractivity (Wildman–Crippen MR) is 96.4 cm³/mol. The number of benzene rings is 1. The number of phenols is 1. The summed E-state index contributed by atoms with van der Waals surface area (Å²) in [6.45, 7) is 5.03. The van der Waals surface area contributed by atoms with Gasteiger partial charge in [-0.3, -0.25) is 4.79 Å². The minimum absolute atomic E-state index is 0.109. The van der Waals surface area contributed by atoms with Crippen LogP contribution in [0.25, 0.3) is 6.08 Å². The van der Waals surface area contributed by atoms with Crippen LogP contribution < -0.4 is 14.5 Å². The highest BCUT2D eigenvalue weighted by Crippen LogP contribution is 2.39. The molecule has 6 heteroatoms. The van der Waals surface area contributed by atoms with Crippen molar-refractivity contribution >= 4 is 23.2 Å². The SMILES string of the molecule is C[NH+]1CC[NH+](Cc2c(O)ccc3c2O/C(=C\c2cccs2)C3=O)CC1. The van der Waals surface area contributed by atoms with Gasteiger partial charge in [0.05, 0.1) is 18.2 Å². The minimum atomic E-state index is -0.109. The van der Waals surface area contributed by atoms with Crippen molar-refractivity contribution in [3.05, 3.63) is 51.4 Å². The van der Waals surface area contributed by atoms with Gasteiger partial charge < -0.3 is 19.6 Å². The molecule has 3 N–H and O–H groups in total. The molecule has 25 heavy (non-hydrogen) atoms. The third kappa shape index (κ3) is 3.20. The molecule has 0 aliphatic carbocycles. The average Bonchev–Trinajstić information content (AvgIpc) is 3.22. The number of rotatable bonds is 3. The molecular formula is C19H22N2O3S+2. The number of quaternary nitrogens is 2. The summed E-state index contributed by atoms with van der Waals surface area (Å²) in [6, 6.07) is 7.17. The summed E-state index contributed by atoms with van der Waals surface area (Å²) in [5, 5.41) is 12.3. The Labute approximate surface area is 150 Å². The minimum Gasteiger partial charge on any atom is -0.507 e. The summed E-state index contributed by atoms with van der Waals surface area (Å²) in [5.41, 5.74) is 1.30. The number of likely N-dealkylation sites (N-methyl/N-ethyl adjacent to an activating group) is 1. The van der Waals surface area contributed by atoms with E-state index in [4.69, 9.17) is 4.74 Å². The van der Waals surface area contributed by atoms with Crippen molar-refractivity contribution < 1.29 is 24.4 Å². The molecule has 130 valence electrons. The second-order valence-corrected chi connectivity index (χ2v) is 7.76. The molecule has 2 aliphatic heterocycles. The zero-order valence-corrected chi connectivity index (χ0v) is 15.0. The Kier molecular flexibility index (Phi) is 4.33. The topological polar surface area (TPSA) is 55.4 Å². The highest BCUT2D eigenvalue weighted by atomic mass is 32.1. The lowest BCUT2D eigenvalue weighted by Gasteiger charge is -2.27. The smallest absolute Gasteiger partial charge is 0.232 e. The highest BCUT2D eigenvalue weighted by Gasteiger charge is 2.33. The summed E-state index contributed by atoms with van der Waals surface area (Å²) in [4.78, 5) is 16.6. The maximum atomic E-state index is 12.6. The predicted octanol–water partition coefficient (Wildman–Crippen LogP) is -0.0169. The summed E-state index contributed by atoms with van der Waals surface area (Å²) in [6.07, 6.45) is 1.78. The molecule has 1 aromatic carbocycles. The third-order valence-corrected chi connectivity index (χ3v) is 5.79. The number of fused-ring (bicyclic) bond motifs is 1. The molecule has 2 aromatic rings. The molecule has 2 aliphatic rings. The van der Waals surface area contributed by atoms with Crippen LogP contribution in [0.3, 0.4) is 0 Å². The van der Waals surface area contributed by atoms with Gasteiger partial charge in [0.15, 0.2) is 11.5 Å². The first-order chi connectivity index (χ1) is 12.1. The molecule has 0 unspecified atom stereocenters. The Balaban J connectivity index is 1.62. The molecule has 0 atom stereocenters. The maximum Gasteiger partial charge on any atom is 0.232 e. The van der Waals surface area contributed by atoms with E-state index >= 15 is 0 Å². The van der Waals surface area contributed by atoms with Gasteiger partial charge in [0.25, 0.3) is 0 Å². The van der Waals surface area contributed by atoms with Gasteiger partial charge in [-0.25, -0.2) is 0 Å². The number of carbonyl (C=O) groups excluding carboxylic acids is 1. The van der Waals surface area contributed by atoms with Crippen LogP contribution in [0.4, 0.5) is 0 Å². The normalized spacial score (nSPS) is 24.4. The van der Waals surface area contributed by atoms with E-state index < -0.39 is 0 Å². The molecule has 3 heterocycles. The first-order valence-corrected chi connectivity index (χ1v) is 9.47. The number of carbonyl (C=O) groups is 1. The van der Waals surface area contributed by atoms with Gasteiger partial charge in [-0.15, -0.1) is 11.3 Å². The monoisotopic (exact) mass is 358 g/mol. The molecule has 5 nitrogen and oxygen atoms in total. The molecule has 0 radical (unpaired) electrons. The lowest BCUT2D eigenvalue weighted by molar-refractivity contribution is -1.01. The number of hydrogen-bond acceptors (Lipinski definition) is 4. The van der Waals surface area contributed by atoms with Crippen LogP contribution in [-0.4, -0.2) is 44.1 Å². The number of ether oxygens (including phenoxy) is 1. The van der Waals surface area contributed by atoms with Crippen molar-refractivity contribution in [1.29, 1.82) is 0 Å². The number of thiophene rings is 1. The quantitative estimate of drug-likeness (QED) is 0.676. The van der Waals surface area contributed by atoms with Crippen LogP contribution in [0.15, 0.2) is 35.4 Å². The fourth-order valence-corrected chi connectivity index (χ4v) is 4.07. The number of piperazine rings is 1. The maximum absolute atomic E-state index is 12.6. The molecule has 0 amide bonds. The van der Waals surface area contributed by atoms with Gasteiger partial charge in [0.2, 0.25) is 5.78 Å². The summed E-state index contributed by atoms with van der Waals surface area (Å²) in [7, 11) is 2.21. The van der Waals surface area contributed by atoms with E-state index in [-0.39, 0.29) is 11.5 Å².